The highest BCUT2D eigenvalue weighted by Gasteiger charge is 2.36. The molecule has 2 fully saturated rings. The van der Waals surface area contributed by atoms with Crippen LogP contribution in [0.15, 0.2) is 5.16 Å². The molecule has 10 heavy (non-hydrogen) atoms. The van der Waals surface area contributed by atoms with Gasteiger partial charge >= 0.3 is 0 Å². The van der Waals surface area contributed by atoms with Crippen LogP contribution in [0, 0.1) is 11.8 Å². The molecule has 3 nitrogen and oxygen atoms in total. The molecule has 0 radical (unpaired) electrons. The Labute approximate surface area is 60.3 Å². The van der Waals surface area contributed by atoms with E-state index in [2.05, 4.69) is 10.1 Å². The highest BCUT2D eigenvalue weighted by Crippen LogP contribution is 2.31. The van der Waals surface area contributed by atoms with Crippen molar-refractivity contribution in [2.24, 2.45) is 17.0 Å². The van der Waals surface area contributed by atoms with Crippen LogP contribution in [-0.2, 0) is 0 Å². The van der Waals surface area contributed by atoms with Crippen LogP contribution < -0.4 is 0 Å². The first kappa shape index (κ1) is 6.16. The molecule has 56 valence electrons. The number of rotatable bonds is 1. The molecule has 3 atom stereocenters. The van der Waals surface area contributed by atoms with Gasteiger partial charge in [0.25, 0.3) is 0 Å². The molecule has 0 saturated carbocycles. The van der Waals surface area contributed by atoms with Crippen molar-refractivity contribution < 1.29 is 5.21 Å². The summed E-state index contributed by atoms with van der Waals surface area (Å²) in [5.74, 6) is 1.30. The minimum Gasteiger partial charge on any atom is -0.411 e. The van der Waals surface area contributed by atoms with Crippen LogP contribution in [-0.4, -0.2) is 36.0 Å². The smallest absolute Gasteiger partial charge is 0.0482 e. The summed E-state index contributed by atoms with van der Waals surface area (Å²) in [6, 6.07) is 0. The van der Waals surface area contributed by atoms with Gasteiger partial charge in [0, 0.05) is 25.2 Å². The van der Waals surface area contributed by atoms with Gasteiger partial charge < -0.3 is 10.1 Å². The lowest BCUT2D eigenvalue weighted by molar-refractivity contribution is 0.308. The third-order valence-electron chi connectivity index (χ3n) is 2.64. The number of hydrogen-bond donors (Lipinski definition) is 1. The highest BCUT2D eigenvalue weighted by atomic mass is 16.4. The number of fused-ring (bicyclic) bond motifs is 2. The van der Waals surface area contributed by atoms with Gasteiger partial charge in [-0.25, -0.2) is 0 Å². The Hall–Kier alpha value is -0.570. The van der Waals surface area contributed by atoms with Crippen LogP contribution >= 0.6 is 0 Å². The molecule has 0 aromatic heterocycles. The van der Waals surface area contributed by atoms with Crippen LogP contribution in [0.5, 0.6) is 0 Å². The molecule has 2 aliphatic heterocycles. The Kier molecular flexibility index (Phi) is 1.38. The zero-order valence-corrected chi connectivity index (χ0v) is 5.90. The minimum absolute atomic E-state index is 0.527. The summed E-state index contributed by atoms with van der Waals surface area (Å²) in [6.07, 6.45) is 2.97. The van der Waals surface area contributed by atoms with E-state index in [9.17, 15) is 0 Å². The average molecular weight is 140 g/mol. The monoisotopic (exact) mass is 140 g/mol. The molecule has 2 saturated heterocycles. The molecular weight excluding hydrogens is 128 g/mol. The molecule has 0 spiro atoms. The second-order valence-corrected chi connectivity index (χ2v) is 3.24. The minimum atomic E-state index is 0.527. The lowest BCUT2D eigenvalue weighted by Crippen LogP contribution is -2.24. The highest BCUT2D eigenvalue weighted by molar-refractivity contribution is 5.61. The molecule has 3 heteroatoms. The van der Waals surface area contributed by atoms with Gasteiger partial charge in [0.2, 0.25) is 0 Å². The van der Waals surface area contributed by atoms with E-state index in [1.807, 2.05) is 0 Å². The van der Waals surface area contributed by atoms with E-state index in [1.165, 1.54) is 19.5 Å². The van der Waals surface area contributed by atoms with Gasteiger partial charge in [-0.2, -0.15) is 0 Å². The predicted molar refractivity (Wildman–Crippen MR) is 38.3 cm³/mol. The van der Waals surface area contributed by atoms with E-state index in [-0.39, 0.29) is 0 Å². The van der Waals surface area contributed by atoms with Gasteiger partial charge in [-0.1, -0.05) is 0 Å². The molecule has 2 bridgehead atoms. The predicted octanol–water partition coefficient (Wildman–Crippen LogP) is 0.398. The summed E-state index contributed by atoms with van der Waals surface area (Å²) >= 11 is 0. The number of hydrogen-bond acceptors (Lipinski definition) is 3. The second kappa shape index (κ2) is 2.23. The third kappa shape index (κ3) is 0.814. The molecular formula is C7H12N2O. The van der Waals surface area contributed by atoms with Crippen molar-refractivity contribution >= 4 is 6.21 Å². The van der Waals surface area contributed by atoms with Crippen LogP contribution in [0.4, 0.5) is 0 Å². The van der Waals surface area contributed by atoms with Crippen LogP contribution in [0.3, 0.4) is 0 Å². The van der Waals surface area contributed by atoms with Crippen molar-refractivity contribution in [1.29, 1.82) is 0 Å². The molecule has 1 unspecified atom stereocenters. The molecule has 0 amide bonds. The topological polar surface area (TPSA) is 35.8 Å². The van der Waals surface area contributed by atoms with E-state index in [4.69, 9.17) is 5.21 Å². The summed E-state index contributed by atoms with van der Waals surface area (Å²) in [5.41, 5.74) is 0. The Morgan fingerprint density at radius 2 is 2.40 bits per heavy atom. The van der Waals surface area contributed by atoms with Crippen molar-refractivity contribution in [2.45, 2.75) is 6.42 Å². The van der Waals surface area contributed by atoms with E-state index < -0.39 is 0 Å². The normalized spacial score (nSPS) is 45.4. The van der Waals surface area contributed by atoms with Gasteiger partial charge in [-0.15, -0.1) is 5.16 Å². The molecule has 0 aromatic rings. The Morgan fingerprint density at radius 1 is 1.50 bits per heavy atom. The van der Waals surface area contributed by atoms with Crippen molar-refractivity contribution in [1.82, 2.24) is 4.90 Å². The van der Waals surface area contributed by atoms with E-state index in [0.717, 1.165) is 12.5 Å². The van der Waals surface area contributed by atoms with Gasteiger partial charge in [-0.3, -0.25) is 0 Å². The lowest BCUT2D eigenvalue weighted by atomic mass is 9.94. The van der Waals surface area contributed by atoms with Crippen LogP contribution in [0.2, 0.25) is 0 Å². The van der Waals surface area contributed by atoms with Crippen LogP contribution in [0.25, 0.3) is 0 Å². The maximum atomic E-state index is 8.31. The third-order valence-corrected chi connectivity index (χ3v) is 2.64. The average Bonchev–Trinajstić information content (AvgIpc) is 2.48. The quantitative estimate of drug-likeness (QED) is 0.325. The first-order valence-electron chi connectivity index (χ1n) is 3.80. The summed E-state index contributed by atoms with van der Waals surface area (Å²) in [7, 11) is 0. The molecule has 2 rings (SSSR count). The second-order valence-electron chi connectivity index (χ2n) is 3.24. The standard InChI is InChI=1S/C7H12N2O/c10-8-3-7-5-9-2-1-6(7)4-9/h3,6-7,10H,1-2,4-5H2/t6-,7-/m0/s1. The lowest BCUT2D eigenvalue weighted by Gasteiger charge is -2.16. The summed E-state index contributed by atoms with van der Waals surface area (Å²) in [5, 5.41) is 11.4. The van der Waals surface area contributed by atoms with Gasteiger partial charge in [0.05, 0.1) is 0 Å². The number of oxime groups is 1. The Morgan fingerprint density at radius 3 is 2.90 bits per heavy atom. The van der Waals surface area contributed by atoms with Crippen LogP contribution in [0.1, 0.15) is 6.42 Å². The van der Waals surface area contributed by atoms with Gasteiger partial charge in [0.15, 0.2) is 0 Å². The fourth-order valence-electron chi connectivity index (χ4n) is 2.08. The molecule has 0 aliphatic carbocycles. The number of nitrogens with zero attached hydrogens (tertiary/aromatic N) is 2. The SMILES string of the molecule is ON=C[C@H]1CN2CC[C@H]1C2. The zero-order chi connectivity index (χ0) is 6.97. The number of piperidine rings is 1. The van der Waals surface area contributed by atoms with Crippen molar-refractivity contribution in [3.63, 3.8) is 0 Å². The summed E-state index contributed by atoms with van der Waals surface area (Å²) in [4.78, 5) is 2.43. The van der Waals surface area contributed by atoms with E-state index in [1.54, 1.807) is 6.21 Å². The van der Waals surface area contributed by atoms with Gasteiger partial charge in [-0.05, 0) is 18.9 Å². The first-order chi connectivity index (χ1) is 4.90. The molecule has 0 aromatic carbocycles. The first-order valence-corrected chi connectivity index (χ1v) is 3.80. The molecule has 2 heterocycles. The fraction of sp³-hybridized carbons (Fsp3) is 0.857. The van der Waals surface area contributed by atoms with Crippen molar-refractivity contribution in [3.05, 3.63) is 0 Å². The zero-order valence-electron chi connectivity index (χ0n) is 5.90. The fourth-order valence-corrected chi connectivity index (χ4v) is 2.08. The van der Waals surface area contributed by atoms with E-state index >= 15 is 0 Å². The summed E-state index contributed by atoms with van der Waals surface area (Å²) < 4.78 is 0. The Bertz CT molecular complexity index is 158. The summed E-state index contributed by atoms with van der Waals surface area (Å²) in [6.45, 7) is 3.58. The molecule has 1 N–H and O–H groups in total. The molecule has 2 aliphatic rings. The van der Waals surface area contributed by atoms with Crippen molar-refractivity contribution in [2.75, 3.05) is 19.6 Å². The maximum absolute atomic E-state index is 8.31. The van der Waals surface area contributed by atoms with Crippen molar-refractivity contribution in [3.8, 4) is 0 Å². The van der Waals surface area contributed by atoms with Gasteiger partial charge in [0.1, 0.15) is 0 Å². The largest absolute Gasteiger partial charge is 0.411 e. The Balaban J connectivity index is 2.02. The van der Waals surface area contributed by atoms with E-state index in [0.29, 0.717) is 5.92 Å². The maximum Gasteiger partial charge on any atom is 0.0482 e.